The molecule has 2 N–H and O–H groups in total. The molecule has 2 aliphatic heterocycles. The second-order valence-corrected chi connectivity index (χ2v) is 10.1. The smallest absolute Gasteiger partial charge is 0.414 e. The Morgan fingerprint density at radius 3 is 2.57 bits per heavy atom. The summed E-state index contributed by atoms with van der Waals surface area (Å²) in [5.74, 6) is 0.935. The van der Waals surface area contributed by atoms with Crippen LogP contribution in [-0.2, 0) is 27.3 Å². The number of benzene rings is 1. The van der Waals surface area contributed by atoms with Crippen molar-refractivity contribution in [2.75, 3.05) is 43.0 Å². The van der Waals surface area contributed by atoms with Crippen molar-refractivity contribution >= 4 is 29.3 Å². The second kappa shape index (κ2) is 10.0. The van der Waals surface area contributed by atoms with Gasteiger partial charge in [0.15, 0.2) is 0 Å². The minimum absolute atomic E-state index is 0.0458. The number of carboxylic acids is 1. The average molecular weight is 515 g/mol. The van der Waals surface area contributed by atoms with Crippen LogP contribution in [0.3, 0.4) is 0 Å². The topological polar surface area (TPSA) is 116 Å². The van der Waals surface area contributed by atoms with Crippen LogP contribution in [0, 0.1) is 17.7 Å². The van der Waals surface area contributed by atoms with Crippen LogP contribution in [-0.4, -0.2) is 73.3 Å². The fourth-order valence-corrected chi connectivity index (χ4v) is 5.58. The van der Waals surface area contributed by atoms with Crippen LogP contribution < -0.4 is 15.1 Å². The SMILES string of the molecule is CC(=O)NCC1CN(c2ccc(N3CC4C(C3)C4N(C)Cc3ccc(CCC(=O)O)o3)c(F)c2)C(=O)O1. The summed E-state index contributed by atoms with van der Waals surface area (Å²) in [6.07, 6.45) is -0.606. The van der Waals surface area contributed by atoms with Gasteiger partial charge in [-0.05, 0) is 49.2 Å². The molecule has 1 aromatic carbocycles. The summed E-state index contributed by atoms with van der Waals surface area (Å²) in [7, 11) is 2.05. The van der Waals surface area contributed by atoms with Gasteiger partial charge in [0, 0.05) is 32.5 Å². The van der Waals surface area contributed by atoms with Gasteiger partial charge in [-0.15, -0.1) is 0 Å². The molecule has 10 nitrogen and oxygen atoms in total. The molecule has 2 saturated heterocycles. The largest absolute Gasteiger partial charge is 0.481 e. The minimum Gasteiger partial charge on any atom is -0.481 e. The van der Waals surface area contributed by atoms with Crippen molar-refractivity contribution in [3.05, 3.63) is 47.7 Å². The number of carboxylic acid groups (broad SMARTS) is 1. The molecule has 3 aliphatic rings. The van der Waals surface area contributed by atoms with Crippen LogP contribution in [0.15, 0.2) is 34.7 Å². The molecule has 1 aromatic heterocycles. The highest BCUT2D eigenvalue weighted by molar-refractivity contribution is 5.90. The fraction of sp³-hybridized carbons (Fsp3) is 0.500. The number of halogens is 1. The highest BCUT2D eigenvalue weighted by atomic mass is 19.1. The molecule has 37 heavy (non-hydrogen) atoms. The highest BCUT2D eigenvalue weighted by Gasteiger charge is 2.57. The number of aliphatic carboxylic acids is 1. The average Bonchev–Trinajstić information content (AvgIpc) is 3.22. The first-order valence-corrected chi connectivity index (χ1v) is 12.5. The Labute approximate surface area is 213 Å². The maximum Gasteiger partial charge on any atom is 0.414 e. The molecule has 198 valence electrons. The lowest BCUT2D eigenvalue weighted by Gasteiger charge is -2.26. The number of hydrogen-bond acceptors (Lipinski definition) is 7. The van der Waals surface area contributed by atoms with Gasteiger partial charge >= 0.3 is 12.1 Å². The molecule has 3 unspecified atom stereocenters. The Morgan fingerprint density at radius 2 is 1.89 bits per heavy atom. The zero-order valence-electron chi connectivity index (χ0n) is 20.9. The van der Waals surface area contributed by atoms with Crippen LogP contribution in [0.2, 0.25) is 0 Å². The number of anilines is 2. The first-order chi connectivity index (χ1) is 17.7. The lowest BCUT2D eigenvalue weighted by atomic mass is 10.2. The van der Waals surface area contributed by atoms with Crippen molar-refractivity contribution < 1.29 is 33.0 Å². The number of cyclic esters (lactones) is 1. The summed E-state index contributed by atoms with van der Waals surface area (Å²) < 4.78 is 26.2. The number of carbonyl (C=O) groups is 3. The molecule has 11 heteroatoms. The fourth-order valence-electron chi connectivity index (χ4n) is 5.58. The van der Waals surface area contributed by atoms with Crippen molar-refractivity contribution in [3.8, 4) is 0 Å². The summed E-state index contributed by atoms with van der Waals surface area (Å²) in [5.41, 5.74) is 0.952. The van der Waals surface area contributed by atoms with Gasteiger partial charge in [0.25, 0.3) is 0 Å². The van der Waals surface area contributed by atoms with Crippen molar-refractivity contribution in [2.45, 2.75) is 38.5 Å². The lowest BCUT2D eigenvalue weighted by molar-refractivity contribution is -0.137. The standard InChI is InChI=1S/C26H31FN4O6/c1-15(32)28-10-19-12-31(26(35)37-19)16-3-7-23(22(27)9-16)30-13-20-21(14-30)25(20)29(2)11-18-5-4-17(36-18)6-8-24(33)34/h3-5,7,9,19-21,25H,6,8,10-14H2,1-2H3,(H,28,32)(H,33,34). The van der Waals surface area contributed by atoms with Gasteiger partial charge in [-0.25, -0.2) is 9.18 Å². The van der Waals surface area contributed by atoms with Crippen LogP contribution in [0.25, 0.3) is 0 Å². The van der Waals surface area contributed by atoms with E-state index in [1.165, 1.54) is 17.9 Å². The van der Waals surface area contributed by atoms with E-state index in [1.54, 1.807) is 12.1 Å². The van der Waals surface area contributed by atoms with Gasteiger partial charge in [-0.3, -0.25) is 19.4 Å². The zero-order chi connectivity index (χ0) is 26.3. The van der Waals surface area contributed by atoms with Gasteiger partial charge in [0.05, 0.1) is 37.4 Å². The molecule has 0 radical (unpaired) electrons. The Morgan fingerprint density at radius 1 is 1.16 bits per heavy atom. The van der Waals surface area contributed by atoms with E-state index in [0.717, 1.165) is 18.8 Å². The highest BCUT2D eigenvalue weighted by Crippen LogP contribution is 2.50. The Balaban J connectivity index is 1.13. The molecule has 1 saturated carbocycles. The van der Waals surface area contributed by atoms with Gasteiger partial charge in [-0.1, -0.05) is 0 Å². The molecule has 3 atom stereocenters. The van der Waals surface area contributed by atoms with Gasteiger partial charge in [-0.2, -0.15) is 0 Å². The first-order valence-electron chi connectivity index (χ1n) is 12.5. The Kier molecular flexibility index (Phi) is 6.80. The molecule has 1 aliphatic carbocycles. The number of aryl methyl sites for hydroxylation is 1. The molecule has 2 aromatic rings. The van der Waals surface area contributed by atoms with Gasteiger partial charge in [0.1, 0.15) is 23.4 Å². The number of ether oxygens (including phenoxy) is 1. The Hall–Kier alpha value is -3.60. The van der Waals surface area contributed by atoms with Crippen LogP contribution in [0.5, 0.6) is 0 Å². The molecule has 2 amide bonds. The Bertz CT molecular complexity index is 1190. The molecular weight excluding hydrogens is 483 g/mol. The summed E-state index contributed by atoms with van der Waals surface area (Å²) in [6, 6.07) is 8.93. The lowest BCUT2D eigenvalue weighted by Crippen LogP contribution is -2.33. The van der Waals surface area contributed by atoms with E-state index in [-0.39, 0.29) is 31.2 Å². The summed E-state index contributed by atoms with van der Waals surface area (Å²) in [6.45, 7) is 4.01. The normalized spacial score (nSPS) is 24.4. The minimum atomic E-state index is -0.845. The van der Waals surface area contributed by atoms with Crippen LogP contribution in [0.1, 0.15) is 24.9 Å². The predicted octanol–water partition coefficient (Wildman–Crippen LogP) is 2.46. The third-order valence-corrected chi connectivity index (χ3v) is 7.40. The number of piperidine rings is 1. The molecule has 5 rings (SSSR count). The van der Waals surface area contributed by atoms with E-state index < -0.39 is 18.2 Å². The second-order valence-electron chi connectivity index (χ2n) is 10.1. The third-order valence-electron chi connectivity index (χ3n) is 7.40. The van der Waals surface area contributed by atoms with Crippen molar-refractivity contribution in [1.29, 1.82) is 0 Å². The maximum atomic E-state index is 15.1. The number of rotatable bonds is 10. The first kappa shape index (κ1) is 25.1. The van der Waals surface area contributed by atoms with Crippen molar-refractivity contribution in [1.82, 2.24) is 10.2 Å². The molecule has 3 heterocycles. The molecule has 0 spiro atoms. The monoisotopic (exact) mass is 514 g/mol. The summed E-state index contributed by atoms with van der Waals surface area (Å²) >= 11 is 0. The van der Waals surface area contributed by atoms with Crippen molar-refractivity contribution in [2.24, 2.45) is 11.8 Å². The van der Waals surface area contributed by atoms with E-state index in [2.05, 4.69) is 22.2 Å². The number of fused-ring (bicyclic) bond motifs is 1. The number of hydrogen-bond donors (Lipinski definition) is 2. The quantitative estimate of drug-likeness (QED) is 0.497. The van der Waals surface area contributed by atoms with E-state index in [9.17, 15) is 14.4 Å². The summed E-state index contributed by atoms with van der Waals surface area (Å²) in [4.78, 5) is 39.8. The van der Waals surface area contributed by atoms with Gasteiger partial charge < -0.3 is 24.5 Å². The van der Waals surface area contributed by atoms with E-state index in [4.69, 9.17) is 14.3 Å². The maximum absolute atomic E-state index is 15.1. The number of nitrogens with one attached hydrogen (secondary N) is 1. The van der Waals surface area contributed by atoms with Gasteiger partial charge in [0.2, 0.25) is 5.91 Å². The number of nitrogens with zero attached hydrogens (tertiary/aromatic N) is 3. The van der Waals surface area contributed by atoms with Crippen LogP contribution in [0.4, 0.5) is 20.6 Å². The van der Waals surface area contributed by atoms with Crippen molar-refractivity contribution in [3.63, 3.8) is 0 Å². The van der Waals surface area contributed by atoms with E-state index >= 15 is 4.39 Å². The molecule has 3 fully saturated rings. The molecular formula is C26H31FN4O6. The predicted molar refractivity (Wildman–Crippen MR) is 132 cm³/mol. The zero-order valence-corrected chi connectivity index (χ0v) is 20.9. The molecule has 0 bridgehead atoms. The van der Waals surface area contributed by atoms with Crippen LogP contribution >= 0.6 is 0 Å². The number of carbonyl (C=O) groups excluding carboxylic acids is 2. The number of furan rings is 1. The third kappa shape index (κ3) is 5.41. The van der Waals surface area contributed by atoms with E-state index in [0.29, 0.717) is 48.0 Å². The number of amides is 2. The van der Waals surface area contributed by atoms with E-state index in [1.807, 2.05) is 12.1 Å². The summed E-state index contributed by atoms with van der Waals surface area (Å²) in [5, 5.41) is 11.5.